The Kier molecular flexibility index (Phi) is 4.97. The van der Waals surface area contributed by atoms with Gasteiger partial charge in [-0.2, -0.15) is 0 Å². The van der Waals surface area contributed by atoms with Gasteiger partial charge in [-0.15, -0.1) is 0 Å². The summed E-state index contributed by atoms with van der Waals surface area (Å²) in [6, 6.07) is 8.36. The maximum Gasteiger partial charge on any atom is 0.0135 e. The van der Waals surface area contributed by atoms with Crippen molar-refractivity contribution < 1.29 is 0 Å². The summed E-state index contributed by atoms with van der Waals surface area (Å²) < 4.78 is 0. The average Bonchev–Trinajstić information content (AvgIpc) is 2.21. The minimum absolute atomic E-state index is 0.705. The lowest BCUT2D eigenvalue weighted by Crippen LogP contribution is -2.05. The van der Waals surface area contributed by atoms with Crippen LogP contribution in [0.5, 0.6) is 0 Å². The largest absolute Gasteiger partial charge is 0.330 e. The third kappa shape index (κ3) is 3.32. The van der Waals surface area contributed by atoms with E-state index in [4.69, 9.17) is 5.73 Å². The van der Waals surface area contributed by atoms with Crippen LogP contribution >= 0.6 is 0 Å². The molecule has 0 amide bonds. The lowest BCUT2D eigenvalue weighted by Gasteiger charge is -2.03. The first-order valence-corrected chi connectivity index (χ1v) is 4.97. The first kappa shape index (κ1) is 11.0. The summed E-state index contributed by atoms with van der Waals surface area (Å²) in [5.41, 5.74) is 8.14. The third-order valence-corrected chi connectivity index (χ3v) is 2.09. The summed E-state index contributed by atoms with van der Waals surface area (Å²) in [7, 11) is 1.94. The van der Waals surface area contributed by atoms with E-state index in [1.165, 1.54) is 11.1 Å². The van der Waals surface area contributed by atoms with E-state index in [1.807, 2.05) is 7.05 Å². The summed E-state index contributed by atoms with van der Waals surface area (Å²) in [5.74, 6) is 0. The van der Waals surface area contributed by atoms with Gasteiger partial charge in [0.2, 0.25) is 0 Å². The molecule has 0 spiro atoms. The van der Waals surface area contributed by atoms with E-state index in [1.54, 1.807) is 0 Å². The fraction of sp³-hybridized carbons (Fsp3) is 0.333. The zero-order chi connectivity index (χ0) is 10.2. The van der Waals surface area contributed by atoms with Gasteiger partial charge in [0.05, 0.1) is 0 Å². The summed E-state index contributed by atoms with van der Waals surface area (Å²) in [4.78, 5) is 0. The lowest BCUT2D eigenvalue weighted by molar-refractivity contribution is 0.921. The van der Waals surface area contributed by atoms with Crippen LogP contribution in [0.3, 0.4) is 0 Å². The highest BCUT2D eigenvalue weighted by molar-refractivity contribution is 5.53. The predicted molar refractivity (Wildman–Crippen MR) is 62.2 cm³/mol. The Labute approximate surface area is 85.8 Å². The second-order valence-corrected chi connectivity index (χ2v) is 3.20. The van der Waals surface area contributed by atoms with E-state index >= 15 is 0 Å². The van der Waals surface area contributed by atoms with Crippen molar-refractivity contribution in [2.24, 2.45) is 5.73 Å². The maximum atomic E-state index is 5.55. The fourth-order valence-corrected chi connectivity index (χ4v) is 1.38. The summed E-state index contributed by atoms with van der Waals surface area (Å²) in [6.45, 7) is 1.61. The molecular weight excluding hydrogens is 172 g/mol. The molecule has 0 atom stereocenters. The van der Waals surface area contributed by atoms with Gasteiger partial charge in [-0.3, -0.25) is 0 Å². The van der Waals surface area contributed by atoms with E-state index in [0.717, 1.165) is 13.0 Å². The second kappa shape index (κ2) is 6.35. The molecule has 1 aromatic rings. The van der Waals surface area contributed by atoms with Crippen LogP contribution in [0.2, 0.25) is 0 Å². The first-order valence-electron chi connectivity index (χ1n) is 4.97. The van der Waals surface area contributed by atoms with E-state index < -0.39 is 0 Å². The number of nitrogens with two attached hydrogens (primary N) is 1. The molecule has 0 fully saturated rings. The van der Waals surface area contributed by atoms with Crippen molar-refractivity contribution in [1.29, 1.82) is 0 Å². The zero-order valence-electron chi connectivity index (χ0n) is 8.66. The summed E-state index contributed by atoms with van der Waals surface area (Å²) in [5, 5.41) is 3.08. The van der Waals surface area contributed by atoms with Gasteiger partial charge in [-0.05, 0) is 31.1 Å². The van der Waals surface area contributed by atoms with Crippen molar-refractivity contribution in [3.05, 3.63) is 41.5 Å². The molecule has 0 heterocycles. The SMILES string of the molecule is CNCC=Cc1ccccc1CCN. The van der Waals surface area contributed by atoms with Crippen molar-refractivity contribution in [2.45, 2.75) is 6.42 Å². The highest BCUT2D eigenvalue weighted by Gasteiger charge is 1.95. The van der Waals surface area contributed by atoms with Crippen LogP contribution in [-0.2, 0) is 6.42 Å². The van der Waals surface area contributed by atoms with Gasteiger partial charge in [-0.1, -0.05) is 36.4 Å². The number of nitrogens with one attached hydrogen (secondary N) is 1. The molecule has 2 nitrogen and oxygen atoms in total. The summed E-state index contributed by atoms with van der Waals surface area (Å²) >= 11 is 0. The molecule has 0 aliphatic heterocycles. The molecule has 0 unspecified atom stereocenters. The molecule has 14 heavy (non-hydrogen) atoms. The molecule has 0 aliphatic rings. The predicted octanol–water partition coefficient (Wildman–Crippen LogP) is 1.42. The molecule has 0 saturated heterocycles. The molecule has 0 bridgehead atoms. The fourth-order valence-electron chi connectivity index (χ4n) is 1.38. The Morgan fingerprint density at radius 1 is 1.36 bits per heavy atom. The van der Waals surface area contributed by atoms with Crippen LogP contribution in [0.1, 0.15) is 11.1 Å². The molecule has 0 radical (unpaired) electrons. The van der Waals surface area contributed by atoms with Crippen LogP contribution in [0, 0.1) is 0 Å². The summed E-state index contributed by atoms with van der Waals surface area (Å²) in [6.07, 6.45) is 5.21. The lowest BCUT2D eigenvalue weighted by atomic mass is 10.0. The van der Waals surface area contributed by atoms with Crippen molar-refractivity contribution >= 4 is 6.08 Å². The van der Waals surface area contributed by atoms with Crippen LogP contribution in [0.15, 0.2) is 30.3 Å². The van der Waals surface area contributed by atoms with E-state index in [2.05, 4.69) is 41.7 Å². The monoisotopic (exact) mass is 190 g/mol. The number of rotatable bonds is 5. The topological polar surface area (TPSA) is 38.0 Å². The Balaban J connectivity index is 2.73. The van der Waals surface area contributed by atoms with Gasteiger partial charge in [0.25, 0.3) is 0 Å². The van der Waals surface area contributed by atoms with Crippen LogP contribution in [0.4, 0.5) is 0 Å². The molecule has 2 heteroatoms. The average molecular weight is 190 g/mol. The van der Waals surface area contributed by atoms with Gasteiger partial charge < -0.3 is 11.1 Å². The Morgan fingerprint density at radius 2 is 2.14 bits per heavy atom. The number of hydrogen-bond donors (Lipinski definition) is 2. The Hall–Kier alpha value is -1.12. The van der Waals surface area contributed by atoms with E-state index in [-0.39, 0.29) is 0 Å². The molecule has 3 N–H and O–H groups in total. The van der Waals surface area contributed by atoms with Crippen molar-refractivity contribution in [2.75, 3.05) is 20.1 Å². The van der Waals surface area contributed by atoms with Crippen molar-refractivity contribution in [3.8, 4) is 0 Å². The van der Waals surface area contributed by atoms with Gasteiger partial charge in [0.1, 0.15) is 0 Å². The number of benzene rings is 1. The van der Waals surface area contributed by atoms with Gasteiger partial charge in [0, 0.05) is 6.54 Å². The van der Waals surface area contributed by atoms with E-state index in [0.29, 0.717) is 6.54 Å². The zero-order valence-corrected chi connectivity index (χ0v) is 8.66. The van der Waals surface area contributed by atoms with E-state index in [9.17, 15) is 0 Å². The molecule has 1 aromatic carbocycles. The molecule has 0 saturated carbocycles. The highest BCUT2D eigenvalue weighted by Crippen LogP contribution is 2.10. The minimum Gasteiger partial charge on any atom is -0.330 e. The maximum absolute atomic E-state index is 5.55. The number of likely N-dealkylation sites (N-methyl/N-ethyl adjacent to an activating group) is 1. The standard InChI is InChI=1S/C12H18N2/c1-14-10-4-7-11-5-2-3-6-12(11)8-9-13/h2-7,14H,8-10,13H2,1H3. The Morgan fingerprint density at radius 3 is 2.86 bits per heavy atom. The highest BCUT2D eigenvalue weighted by atomic mass is 14.8. The second-order valence-electron chi connectivity index (χ2n) is 3.20. The van der Waals surface area contributed by atoms with Gasteiger partial charge >= 0.3 is 0 Å². The van der Waals surface area contributed by atoms with Crippen LogP contribution in [-0.4, -0.2) is 20.1 Å². The van der Waals surface area contributed by atoms with Crippen LogP contribution in [0.25, 0.3) is 6.08 Å². The quantitative estimate of drug-likeness (QED) is 0.737. The Bertz CT molecular complexity index is 292. The van der Waals surface area contributed by atoms with Crippen molar-refractivity contribution in [3.63, 3.8) is 0 Å². The molecule has 0 aliphatic carbocycles. The molecule has 1 rings (SSSR count). The van der Waals surface area contributed by atoms with Crippen LogP contribution < -0.4 is 11.1 Å². The normalized spacial score (nSPS) is 11.0. The van der Waals surface area contributed by atoms with Crippen molar-refractivity contribution in [1.82, 2.24) is 5.32 Å². The first-order chi connectivity index (χ1) is 6.88. The van der Waals surface area contributed by atoms with Gasteiger partial charge in [0.15, 0.2) is 0 Å². The minimum atomic E-state index is 0.705. The number of hydrogen-bond acceptors (Lipinski definition) is 2. The molecule has 0 aromatic heterocycles. The molecule has 76 valence electrons. The third-order valence-electron chi connectivity index (χ3n) is 2.09. The van der Waals surface area contributed by atoms with Gasteiger partial charge in [-0.25, -0.2) is 0 Å². The molecular formula is C12H18N2. The smallest absolute Gasteiger partial charge is 0.0135 e.